The Morgan fingerprint density at radius 2 is 1.81 bits per heavy atom. The zero-order valence-corrected chi connectivity index (χ0v) is 15.3. The predicted octanol–water partition coefficient (Wildman–Crippen LogP) is 1.60. The molecule has 0 unspecified atom stereocenters. The first kappa shape index (κ1) is 18.6. The van der Waals surface area contributed by atoms with E-state index in [9.17, 15) is 24.6 Å². The molecule has 4 N–H and O–H groups in total. The lowest BCUT2D eigenvalue weighted by atomic mass is 10.1. The van der Waals surface area contributed by atoms with Crippen molar-refractivity contribution in [2.45, 2.75) is 6.23 Å². The number of phenolic OH excluding ortho intramolecular Hbond substituents is 1. The minimum absolute atomic E-state index is 0.0526. The van der Waals surface area contributed by atoms with Crippen molar-refractivity contribution >= 4 is 34.3 Å². The normalized spacial score (nSPS) is 12.0. The molecule has 0 aliphatic carbocycles. The van der Waals surface area contributed by atoms with E-state index in [1.54, 1.807) is 31.6 Å². The number of nitrogens with zero attached hydrogens (tertiary/aromatic N) is 1. The summed E-state index contributed by atoms with van der Waals surface area (Å²) in [5.41, 5.74) is -1.56. The number of aromatic hydroxyl groups is 1. The smallest absolute Gasteiger partial charge is 0.257 e. The summed E-state index contributed by atoms with van der Waals surface area (Å²) in [6.45, 7) is 0. The van der Waals surface area contributed by atoms with Crippen LogP contribution in [0.25, 0.3) is 0 Å². The fraction of sp³-hybridized carbons (Fsp3) is 0.167. The van der Waals surface area contributed by atoms with Gasteiger partial charge in [0.1, 0.15) is 11.4 Å². The average molecular weight is 387 g/mol. The van der Waals surface area contributed by atoms with E-state index < -0.39 is 23.0 Å². The van der Waals surface area contributed by atoms with E-state index in [2.05, 4.69) is 10.6 Å². The van der Waals surface area contributed by atoms with Gasteiger partial charge in [-0.25, -0.2) is 0 Å². The predicted molar refractivity (Wildman–Crippen MR) is 104 cm³/mol. The molecule has 9 heteroatoms. The van der Waals surface area contributed by atoms with E-state index >= 15 is 0 Å². The third-order valence-electron chi connectivity index (χ3n) is 3.94. The number of nitrogens with one attached hydrogen (secondary N) is 2. The highest BCUT2D eigenvalue weighted by molar-refractivity contribution is 7.10. The summed E-state index contributed by atoms with van der Waals surface area (Å²) >= 11 is 1.29. The van der Waals surface area contributed by atoms with Crippen molar-refractivity contribution in [1.82, 2.24) is 4.90 Å². The van der Waals surface area contributed by atoms with Gasteiger partial charge in [0.2, 0.25) is 0 Å². The lowest BCUT2D eigenvalue weighted by Gasteiger charge is -2.19. The summed E-state index contributed by atoms with van der Waals surface area (Å²) in [5, 5.41) is 27.5. The highest BCUT2D eigenvalue weighted by Crippen LogP contribution is 2.32. The van der Waals surface area contributed by atoms with Crippen LogP contribution in [-0.2, 0) is 0 Å². The number of rotatable bonds is 6. The number of anilines is 3. The van der Waals surface area contributed by atoms with Gasteiger partial charge in [-0.2, -0.15) is 0 Å². The molecular weight excluding hydrogens is 370 g/mol. The van der Waals surface area contributed by atoms with E-state index in [0.29, 0.717) is 4.88 Å². The van der Waals surface area contributed by atoms with Crippen molar-refractivity contribution in [2.75, 3.05) is 24.7 Å². The summed E-state index contributed by atoms with van der Waals surface area (Å²) in [4.78, 5) is 37.8. The van der Waals surface area contributed by atoms with Crippen LogP contribution >= 0.6 is 11.3 Å². The van der Waals surface area contributed by atoms with Crippen molar-refractivity contribution < 1.29 is 15.0 Å². The Morgan fingerprint density at radius 3 is 2.44 bits per heavy atom. The molecule has 0 saturated carbocycles. The quantitative estimate of drug-likeness (QED) is 0.288. The minimum atomic E-state index is -1.15. The summed E-state index contributed by atoms with van der Waals surface area (Å²) < 4.78 is 0. The third kappa shape index (κ3) is 3.42. The molecule has 3 rings (SSSR count). The first-order valence-corrected chi connectivity index (χ1v) is 8.81. The molecule has 1 atom stereocenters. The van der Waals surface area contributed by atoms with Crippen LogP contribution in [0, 0.1) is 0 Å². The maximum Gasteiger partial charge on any atom is 0.257 e. The molecule has 1 amide bonds. The molecule has 140 valence electrons. The molecule has 27 heavy (non-hydrogen) atoms. The van der Waals surface area contributed by atoms with Crippen molar-refractivity contribution in [3.8, 4) is 5.75 Å². The number of hydrogen-bond donors (Lipinski definition) is 4. The van der Waals surface area contributed by atoms with Crippen LogP contribution in [0.4, 0.5) is 17.1 Å². The summed E-state index contributed by atoms with van der Waals surface area (Å²) in [6.07, 6.45) is -1.15. The number of hydrogen-bond acceptors (Lipinski definition) is 8. The Bertz CT molecular complexity index is 1050. The second-order valence-electron chi connectivity index (χ2n) is 6.00. The van der Waals surface area contributed by atoms with Crippen LogP contribution in [0.2, 0.25) is 0 Å². The Hall–Kier alpha value is -3.17. The Balaban J connectivity index is 1.89. The van der Waals surface area contributed by atoms with Crippen LogP contribution in [0.5, 0.6) is 5.75 Å². The second-order valence-corrected chi connectivity index (χ2v) is 6.98. The monoisotopic (exact) mass is 387 g/mol. The number of para-hydroxylation sites is 1. The summed E-state index contributed by atoms with van der Waals surface area (Å²) in [7, 11) is 3.10. The third-order valence-corrected chi connectivity index (χ3v) is 4.86. The van der Waals surface area contributed by atoms with Gasteiger partial charge in [-0.05, 0) is 23.6 Å². The average Bonchev–Trinajstić information content (AvgIpc) is 3.19. The number of aliphatic hydroxyl groups excluding tert-OH is 1. The number of thiophene rings is 1. The Morgan fingerprint density at radius 1 is 1.11 bits per heavy atom. The fourth-order valence-corrected chi connectivity index (χ4v) is 3.16. The van der Waals surface area contributed by atoms with Crippen LogP contribution in [0.15, 0.2) is 45.3 Å². The molecule has 0 aliphatic heterocycles. The van der Waals surface area contributed by atoms with Gasteiger partial charge in [-0.3, -0.25) is 14.4 Å². The largest absolute Gasteiger partial charge is 0.505 e. The Labute approximate surface area is 158 Å². The standard InChI is InChI=1S/C18H17N3O5S/c1-21(2)18(26)9-5-3-6-10(14(9)22)19-12-13(16(24)15(12)23)20-17(25)11-7-4-8-27-11/h3-8,17,19-20,22,25H,1-2H3/t17-/m1/s1. The van der Waals surface area contributed by atoms with Gasteiger partial charge in [0, 0.05) is 14.1 Å². The van der Waals surface area contributed by atoms with Gasteiger partial charge in [-0.15, -0.1) is 11.3 Å². The maximum absolute atomic E-state index is 12.1. The molecule has 0 aliphatic rings. The molecule has 1 heterocycles. The minimum Gasteiger partial charge on any atom is -0.505 e. The van der Waals surface area contributed by atoms with Crippen LogP contribution in [-0.4, -0.2) is 35.1 Å². The summed E-state index contributed by atoms with van der Waals surface area (Å²) in [5.74, 6) is -0.749. The summed E-state index contributed by atoms with van der Waals surface area (Å²) in [6, 6.07) is 7.89. The van der Waals surface area contributed by atoms with E-state index in [1.807, 2.05) is 0 Å². The molecule has 3 aromatic rings. The van der Waals surface area contributed by atoms with Crippen LogP contribution in [0.3, 0.4) is 0 Å². The molecule has 1 aromatic heterocycles. The van der Waals surface area contributed by atoms with Gasteiger partial charge in [0.15, 0.2) is 12.0 Å². The van der Waals surface area contributed by atoms with Gasteiger partial charge in [-0.1, -0.05) is 12.1 Å². The van der Waals surface area contributed by atoms with Crippen LogP contribution in [0.1, 0.15) is 21.5 Å². The number of phenols is 1. The van der Waals surface area contributed by atoms with Crippen molar-refractivity contribution in [3.05, 3.63) is 66.6 Å². The SMILES string of the molecule is CN(C)C(=O)c1cccc(Nc2c(N[C@H](O)c3cccs3)c(=O)c2=O)c1O. The molecule has 2 aromatic carbocycles. The van der Waals surface area contributed by atoms with E-state index in [1.165, 1.54) is 34.4 Å². The number of amides is 1. The van der Waals surface area contributed by atoms with Gasteiger partial charge >= 0.3 is 0 Å². The van der Waals surface area contributed by atoms with E-state index in [0.717, 1.165) is 0 Å². The zero-order chi connectivity index (χ0) is 19.7. The molecule has 0 spiro atoms. The van der Waals surface area contributed by atoms with E-state index in [4.69, 9.17) is 0 Å². The highest BCUT2D eigenvalue weighted by atomic mass is 32.1. The van der Waals surface area contributed by atoms with Crippen molar-refractivity contribution in [2.24, 2.45) is 0 Å². The lowest BCUT2D eigenvalue weighted by Crippen LogP contribution is -2.37. The Kier molecular flexibility index (Phi) is 4.98. The first-order chi connectivity index (χ1) is 12.8. The number of carbonyl (C=O) groups excluding carboxylic acids is 1. The number of aliphatic hydroxyl groups is 1. The van der Waals surface area contributed by atoms with Gasteiger partial charge in [0.25, 0.3) is 16.8 Å². The number of benzene rings is 1. The molecular formula is C18H17N3O5S. The lowest BCUT2D eigenvalue weighted by molar-refractivity contribution is 0.0824. The first-order valence-electron chi connectivity index (χ1n) is 7.93. The van der Waals surface area contributed by atoms with Gasteiger partial charge < -0.3 is 25.7 Å². The second kappa shape index (κ2) is 7.22. The van der Waals surface area contributed by atoms with Crippen LogP contribution < -0.4 is 21.5 Å². The molecule has 0 radical (unpaired) electrons. The molecule has 0 fully saturated rings. The van der Waals surface area contributed by atoms with Crippen molar-refractivity contribution in [3.63, 3.8) is 0 Å². The maximum atomic E-state index is 12.1. The zero-order valence-electron chi connectivity index (χ0n) is 14.5. The fourth-order valence-electron chi connectivity index (χ4n) is 2.50. The van der Waals surface area contributed by atoms with E-state index in [-0.39, 0.29) is 28.4 Å². The number of carbonyl (C=O) groups is 1. The molecule has 0 saturated heterocycles. The molecule has 8 nitrogen and oxygen atoms in total. The van der Waals surface area contributed by atoms with Gasteiger partial charge in [0.05, 0.1) is 16.1 Å². The topological polar surface area (TPSA) is 119 Å². The highest BCUT2D eigenvalue weighted by Gasteiger charge is 2.25. The van der Waals surface area contributed by atoms with Crippen molar-refractivity contribution in [1.29, 1.82) is 0 Å². The molecule has 0 bridgehead atoms.